The fraction of sp³-hybridized carbons (Fsp3) is 0.579. The van der Waals surface area contributed by atoms with E-state index in [1.165, 1.54) is 0 Å². The number of Topliss-reactive ketones (excluding diaryl/α,β-unsaturated/α-hetero) is 1. The number of carbonyl (C=O) groups excluding carboxylic acids is 2. The van der Waals surface area contributed by atoms with Gasteiger partial charge in [0.2, 0.25) is 5.91 Å². The lowest BCUT2D eigenvalue weighted by molar-refractivity contribution is -0.138. The van der Waals surface area contributed by atoms with Crippen LogP contribution in [0.3, 0.4) is 0 Å². The van der Waals surface area contributed by atoms with E-state index in [4.69, 9.17) is 9.47 Å². The number of para-hydroxylation sites is 1. The van der Waals surface area contributed by atoms with Gasteiger partial charge < -0.3 is 14.4 Å². The molecule has 0 N–H and O–H groups in total. The normalized spacial score (nSPS) is 36.9. The number of carbonyl (C=O) groups is 2. The molecule has 126 valence electrons. The molecule has 1 amide bonds. The van der Waals surface area contributed by atoms with E-state index >= 15 is 0 Å². The van der Waals surface area contributed by atoms with Gasteiger partial charge in [-0.3, -0.25) is 9.59 Å². The van der Waals surface area contributed by atoms with E-state index in [9.17, 15) is 9.59 Å². The minimum Gasteiger partial charge on any atom is -0.486 e. The largest absolute Gasteiger partial charge is 0.486 e. The lowest BCUT2D eigenvalue weighted by Crippen LogP contribution is -2.46. The number of fused-ring (bicyclic) bond motifs is 3. The van der Waals surface area contributed by atoms with Crippen LogP contribution in [0.15, 0.2) is 24.3 Å². The fourth-order valence-corrected chi connectivity index (χ4v) is 5.09. The Bertz CT molecular complexity index is 711. The lowest BCUT2D eigenvalue weighted by atomic mass is 9.84. The van der Waals surface area contributed by atoms with Crippen LogP contribution in [0.25, 0.3) is 0 Å². The SMILES string of the molecule is O=C1C[C@@]2(CC[C@@H]3[C@@H](C(=O)N4CCOCC4)[C@@H]32)Oc2ccccc21. The first kappa shape index (κ1) is 14.5. The van der Waals surface area contributed by atoms with Crippen LogP contribution < -0.4 is 4.74 Å². The molecular weight excluding hydrogens is 306 g/mol. The molecule has 4 aliphatic rings. The summed E-state index contributed by atoms with van der Waals surface area (Å²) in [5, 5.41) is 0. The van der Waals surface area contributed by atoms with Crippen molar-refractivity contribution in [2.75, 3.05) is 26.3 Å². The molecule has 1 aromatic carbocycles. The summed E-state index contributed by atoms with van der Waals surface area (Å²) in [6.07, 6.45) is 2.29. The second kappa shape index (κ2) is 5.06. The zero-order valence-corrected chi connectivity index (χ0v) is 13.6. The number of ether oxygens (including phenoxy) is 2. The van der Waals surface area contributed by atoms with Crippen LogP contribution in [-0.2, 0) is 9.53 Å². The van der Waals surface area contributed by atoms with Gasteiger partial charge in [-0.25, -0.2) is 0 Å². The fourth-order valence-electron chi connectivity index (χ4n) is 5.09. The highest BCUT2D eigenvalue weighted by Crippen LogP contribution is 2.66. The number of hydrogen-bond acceptors (Lipinski definition) is 4. The van der Waals surface area contributed by atoms with E-state index in [2.05, 4.69) is 0 Å². The van der Waals surface area contributed by atoms with E-state index in [1.54, 1.807) is 0 Å². The zero-order chi connectivity index (χ0) is 16.3. The molecule has 3 fully saturated rings. The molecule has 0 radical (unpaired) electrons. The molecule has 5 nitrogen and oxygen atoms in total. The topological polar surface area (TPSA) is 55.8 Å². The number of amides is 1. The average molecular weight is 327 g/mol. The molecule has 2 saturated carbocycles. The van der Waals surface area contributed by atoms with E-state index in [0.29, 0.717) is 50.0 Å². The standard InChI is InChI=1S/C19H21NO4/c21-14-11-19(24-15-4-2-1-3-12(14)15)6-5-13-16(17(13)19)18(22)20-7-9-23-10-8-20/h1-4,13,16-17H,5-11H2/t13-,16-,17-,19-/m1/s1. The molecule has 24 heavy (non-hydrogen) atoms. The lowest BCUT2D eigenvalue weighted by Gasteiger charge is -2.37. The summed E-state index contributed by atoms with van der Waals surface area (Å²) in [5.41, 5.74) is 0.228. The summed E-state index contributed by atoms with van der Waals surface area (Å²) in [6.45, 7) is 2.62. The van der Waals surface area contributed by atoms with E-state index in [0.717, 1.165) is 12.8 Å². The molecule has 5 heteroatoms. The highest BCUT2D eigenvalue weighted by atomic mass is 16.5. The highest BCUT2D eigenvalue weighted by Gasteiger charge is 2.71. The Morgan fingerprint density at radius 3 is 2.83 bits per heavy atom. The second-order valence-electron chi connectivity index (χ2n) is 7.45. The third kappa shape index (κ3) is 1.97. The van der Waals surface area contributed by atoms with Gasteiger partial charge in [0, 0.05) is 24.9 Å². The van der Waals surface area contributed by atoms with Gasteiger partial charge in [-0.05, 0) is 30.9 Å². The predicted molar refractivity (Wildman–Crippen MR) is 85.9 cm³/mol. The predicted octanol–water partition coefficient (Wildman–Crippen LogP) is 1.91. The number of ketones is 1. The smallest absolute Gasteiger partial charge is 0.226 e. The zero-order valence-electron chi connectivity index (χ0n) is 13.6. The van der Waals surface area contributed by atoms with Crippen molar-refractivity contribution >= 4 is 11.7 Å². The minimum atomic E-state index is -0.456. The van der Waals surface area contributed by atoms with Crippen molar-refractivity contribution in [1.82, 2.24) is 4.90 Å². The van der Waals surface area contributed by atoms with Crippen LogP contribution in [0.2, 0.25) is 0 Å². The number of benzene rings is 1. The monoisotopic (exact) mass is 327 g/mol. The van der Waals surface area contributed by atoms with Crippen LogP contribution in [0.1, 0.15) is 29.6 Å². The summed E-state index contributed by atoms with van der Waals surface area (Å²) >= 11 is 0. The number of hydrogen-bond donors (Lipinski definition) is 0. The summed E-state index contributed by atoms with van der Waals surface area (Å²) < 4.78 is 11.7. The molecule has 5 rings (SSSR count). The Labute approximate surface area is 140 Å². The maximum atomic E-state index is 12.9. The van der Waals surface area contributed by atoms with Crippen LogP contribution in [0, 0.1) is 17.8 Å². The molecule has 2 aliphatic carbocycles. The molecule has 4 atom stereocenters. The van der Waals surface area contributed by atoms with Crippen LogP contribution in [0.4, 0.5) is 0 Å². The Balaban J connectivity index is 1.39. The van der Waals surface area contributed by atoms with Gasteiger partial charge in [0.05, 0.1) is 25.2 Å². The molecule has 1 aromatic rings. The molecule has 1 saturated heterocycles. The molecule has 0 aromatic heterocycles. The van der Waals surface area contributed by atoms with E-state index in [1.807, 2.05) is 29.2 Å². The van der Waals surface area contributed by atoms with Crippen molar-refractivity contribution in [3.05, 3.63) is 29.8 Å². The van der Waals surface area contributed by atoms with Crippen LogP contribution >= 0.6 is 0 Å². The van der Waals surface area contributed by atoms with Gasteiger partial charge in [-0.2, -0.15) is 0 Å². The highest BCUT2D eigenvalue weighted by molar-refractivity contribution is 6.00. The van der Waals surface area contributed by atoms with Crippen molar-refractivity contribution in [3.63, 3.8) is 0 Å². The van der Waals surface area contributed by atoms with Crippen molar-refractivity contribution < 1.29 is 19.1 Å². The first-order chi connectivity index (χ1) is 11.7. The summed E-state index contributed by atoms with van der Waals surface area (Å²) in [5.74, 6) is 1.71. The summed E-state index contributed by atoms with van der Waals surface area (Å²) in [6, 6.07) is 7.49. The van der Waals surface area contributed by atoms with E-state index < -0.39 is 5.60 Å². The maximum absolute atomic E-state index is 12.9. The Kier molecular flexibility index (Phi) is 3.05. The molecule has 0 bridgehead atoms. The van der Waals surface area contributed by atoms with Crippen LogP contribution in [0.5, 0.6) is 5.75 Å². The van der Waals surface area contributed by atoms with Gasteiger partial charge in [0.25, 0.3) is 0 Å². The van der Waals surface area contributed by atoms with Crippen molar-refractivity contribution in [2.45, 2.75) is 24.9 Å². The van der Waals surface area contributed by atoms with E-state index in [-0.39, 0.29) is 23.5 Å². The quantitative estimate of drug-likeness (QED) is 0.791. The number of morpholine rings is 1. The average Bonchev–Trinajstić information content (AvgIpc) is 3.26. The summed E-state index contributed by atoms with van der Waals surface area (Å²) in [4.78, 5) is 27.4. The van der Waals surface area contributed by atoms with Crippen molar-refractivity contribution in [1.29, 1.82) is 0 Å². The molecule has 2 heterocycles. The van der Waals surface area contributed by atoms with Gasteiger partial charge in [0.15, 0.2) is 5.78 Å². The molecule has 0 unspecified atom stereocenters. The first-order valence-corrected chi connectivity index (χ1v) is 8.87. The van der Waals surface area contributed by atoms with Gasteiger partial charge in [-0.1, -0.05) is 12.1 Å². The van der Waals surface area contributed by atoms with Gasteiger partial charge in [0.1, 0.15) is 11.4 Å². The van der Waals surface area contributed by atoms with Gasteiger partial charge >= 0.3 is 0 Å². The third-order valence-corrected chi connectivity index (χ3v) is 6.25. The third-order valence-electron chi connectivity index (χ3n) is 6.25. The van der Waals surface area contributed by atoms with Crippen molar-refractivity contribution in [3.8, 4) is 5.75 Å². The Morgan fingerprint density at radius 2 is 2.00 bits per heavy atom. The first-order valence-electron chi connectivity index (χ1n) is 8.87. The molecule has 1 spiro atoms. The minimum absolute atomic E-state index is 0.0370. The van der Waals surface area contributed by atoms with Crippen LogP contribution in [-0.4, -0.2) is 48.5 Å². The summed E-state index contributed by atoms with van der Waals surface area (Å²) in [7, 11) is 0. The number of nitrogens with zero attached hydrogens (tertiary/aromatic N) is 1. The van der Waals surface area contributed by atoms with Gasteiger partial charge in [-0.15, -0.1) is 0 Å². The molecule has 2 aliphatic heterocycles. The van der Waals surface area contributed by atoms with Crippen molar-refractivity contribution in [2.24, 2.45) is 17.8 Å². The maximum Gasteiger partial charge on any atom is 0.226 e. The Hall–Kier alpha value is -1.88. The second-order valence-corrected chi connectivity index (χ2v) is 7.45. The molecular formula is C19H21NO4. The Morgan fingerprint density at radius 1 is 1.21 bits per heavy atom. The number of rotatable bonds is 1.